The van der Waals surface area contributed by atoms with Crippen LogP contribution in [0.25, 0.3) is 0 Å². The third-order valence-electron chi connectivity index (χ3n) is 7.71. The lowest BCUT2D eigenvalue weighted by Gasteiger charge is -2.35. The molecule has 2 N–H and O–H groups in total. The minimum absolute atomic E-state index is 0.180. The summed E-state index contributed by atoms with van der Waals surface area (Å²) >= 11 is 0. The molecule has 220 valence electrons. The number of unbranched alkanes of at least 4 members (excludes halogenated alkanes) is 14. The average molecular weight is 541 g/mol. The van der Waals surface area contributed by atoms with E-state index in [4.69, 9.17) is 9.47 Å². The third-order valence-corrected chi connectivity index (χ3v) is 7.71. The van der Waals surface area contributed by atoms with Gasteiger partial charge in [0.15, 0.2) is 0 Å². The van der Waals surface area contributed by atoms with E-state index in [0.717, 1.165) is 38.5 Å². The van der Waals surface area contributed by atoms with Crippen molar-refractivity contribution in [2.24, 2.45) is 23.7 Å². The van der Waals surface area contributed by atoms with E-state index in [1.165, 1.54) is 51.4 Å². The molecule has 0 spiro atoms. The number of ether oxygens (including phenoxy) is 2. The molecule has 0 aromatic heterocycles. The van der Waals surface area contributed by atoms with Gasteiger partial charge in [0.1, 0.15) is 0 Å². The van der Waals surface area contributed by atoms with Gasteiger partial charge in [0.05, 0.1) is 36.9 Å². The van der Waals surface area contributed by atoms with Crippen LogP contribution in [0.1, 0.15) is 129 Å². The van der Waals surface area contributed by atoms with Crippen molar-refractivity contribution in [3.05, 3.63) is 0 Å². The van der Waals surface area contributed by atoms with Crippen molar-refractivity contribution in [3.63, 3.8) is 0 Å². The molecule has 1 aliphatic rings. The Balaban J connectivity index is 2.53. The first-order valence-corrected chi connectivity index (χ1v) is 15.1. The summed E-state index contributed by atoms with van der Waals surface area (Å²) in [5, 5.41) is 19.4. The third kappa shape index (κ3) is 13.6. The van der Waals surface area contributed by atoms with Crippen molar-refractivity contribution < 1.29 is 38.9 Å². The zero-order valence-electron chi connectivity index (χ0n) is 23.8. The van der Waals surface area contributed by atoms with Crippen molar-refractivity contribution in [3.8, 4) is 0 Å². The smallest absolute Gasteiger partial charge is 0.309 e. The Morgan fingerprint density at radius 3 is 1.11 bits per heavy atom. The number of carbonyl (C=O) groups is 4. The van der Waals surface area contributed by atoms with Crippen LogP contribution in [0.5, 0.6) is 0 Å². The van der Waals surface area contributed by atoms with Gasteiger partial charge in [-0.2, -0.15) is 0 Å². The van der Waals surface area contributed by atoms with E-state index in [0.29, 0.717) is 12.8 Å². The van der Waals surface area contributed by atoms with Gasteiger partial charge in [-0.05, 0) is 25.7 Å². The second-order valence-corrected chi connectivity index (χ2v) is 10.9. The molecule has 0 aromatic carbocycles. The minimum atomic E-state index is -1.24. The molecule has 1 saturated carbocycles. The van der Waals surface area contributed by atoms with Crippen LogP contribution in [-0.2, 0) is 28.7 Å². The molecule has 0 heterocycles. The Labute approximate surface area is 229 Å². The summed E-state index contributed by atoms with van der Waals surface area (Å²) in [5.41, 5.74) is 0. The van der Waals surface area contributed by atoms with Crippen LogP contribution in [0.15, 0.2) is 0 Å². The molecule has 8 heteroatoms. The van der Waals surface area contributed by atoms with Gasteiger partial charge in [0, 0.05) is 0 Å². The molecule has 0 aliphatic heterocycles. The fourth-order valence-electron chi connectivity index (χ4n) is 5.30. The Kier molecular flexibility index (Phi) is 18.6. The second kappa shape index (κ2) is 20.8. The molecule has 8 nitrogen and oxygen atoms in total. The molecule has 0 bridgehead atoms. The van der Waals surface area contributed by atoms with Crippen LogP contribution in [0.2, 0.25) is 0 Å². The van der Waals surface area contributed by atoms with Gasteiger partial charge in [-0.25, -0.2) is 0 Å². The van der Waals surface area contributed by atoms with Crippen molar-refractivity contribution in [1.29, 1.82) is 0 Å². The first kappa shape index (κ1) is 33.9. The largest absolute Gasteiger partial charge is 0.481 e. The Morgan fingerprint density at radius 2 is 0.789 bits per heavy atom. The zero-order valence-corrected chi connectivity index (χ0v) is 23.8. The van der Waals surface area contributed by atoms with E-state index in [-0.39, 0.29) is 26.1 Å². The lowest BCUT2D eigenvalue weighted by atomic mass is 9.68. The molecular weight excluding hydrogens is 488 g/mol. The first-order chi connectivity index (χ1) is 18.3. The van der Waals surface area contributed by atoms with Crippen molar-refractivity contribution in [2.45, 2.75) is 129 Å². The summed E-state index contributed by atoms with van der Waals surface area (Å²) in [6.07, 6.45) is 17.0. The maximum atomic E-state index is 12.8. The fraction of sp³-hybridized carbons (Fsp3) is 0.867. The van der Waals surface area contributed by atoms with E-state index in [1.54, 1.807) is 0 Å². The molecule has 1 fully saturated rings. The van der Waals surface area contributed by atoms with Gasteiger partial charge in [0.25, 0.3) is 0 Å². The normalized spacial score (nSPS) is 21.1. The standard InChI is InChI=1S/C30H52O8/c1-3-5-7-9-11-13-15-17-19-37-29(35)25-22-26(24(28(33)34)21-23(25)27(31)32)30(36)38-20-18-16-14-12-10-8-6-4-2/h23-26H,3-22H2,1-2H3,(H,31,32)(H,33,34). The fourth-order valence-corrected chi connectivity index (χ4v) is 5.30. The molecule has 0 radical (unpaired) electrons. The molecule has 4 unspecified atom stereocenters. The van der Waals surface area contributed by atoms with Crippen LogP contribution < -0.4 is 0 Å². The van der Waals surface area contributed by atoms with Gasteiger partial charge in [-0.1, -0.05) is 104 Å². The summed E-state index contributed by atoms with van der Waals surface area (Å²) < 4.78 is 10.8. The number of esters is 2. The van der Waals surface area contributed by atoms with Crippen molar-refractivity contribution in [1.82, 2.24) is 0 Å². The summed E-state index contributed by atoms with van der Waals surface area (Å²) in [7, 11) is 0. The predicted octanol–water partition coefficient (Wildman–Crippen LogP) is 6.78. The van der Waals surface area contributed by atoms with Crippen LogP contribution >= 0.6 is 0 Å². The van der Waals surface area contributed by atoms with Crippen LogP contribution in [0.4, 0.5) is 0 Å². The van der Waals surface area contributed by atoms with Crippen LogP contribution in [-0.4, -0.2) is 47.3 Å². The predicted molar refractivity (Wildman–Crippen MR) is 146 cm³/mol. The molecule has 4 atom stereocenters. The van der Waals surface area contributed by atoms with E-state index in [2.05, 4.69) is 13.8 Å². The first-order valence-electron chi connectivity index (χ1n) is 15.1. The number of carboxylic acids is 2. The van der Waals surface area contributed by atoms with Gasteiger partial charge in [-0.3, -0.25) is 19.2 Å². The number of rotatable bonds is 22. The molecule has 0 amide bonds. The monoisotopic (exact) mass is 540 g/mol. The molecule has 1 rings (SSSR count). The highest BCUT2D eigenvalue weighted by Gasteiger charge is 2.50. The number of hydrogen-bond donors (Lipinski definition) is 2. The van der Waals surface area contributed by atoms with Gasteiger partial charge < -0.3 is 19.7 Å². The lowest BCUT2D eigenvalue weighted by molar-refractivity contribution is -0.172. The lowest BCUT2D eigenvalue weighted by Crippen LogP contribution is -2.45. The van der Waals surface area contributed by atoms with Crippen LogP contribution in [0, 0.1) is 23.7 Å². The summed E-state index contributed by atoms with van der Waals surface area (Å²) in [5.74, 6) is -8.31. The number of aliphatic carboxylic acids is 2. The van der Waals surface area contributed by atoms with Gasteiger partial charge in [0.2, 0.25) is 0 Å². The minimum Gasteiger partial charge on any atom is -0.481 e. The van der Waals surface area contributed by atoms with Gasteiger partial charge in [-0.15, -0.1) is 0 Å². The molecule has 38 heavy (non-hydrogen) atoms. The summed E-state index contributed by atoms with van der Waals surface area (Å²) in [6.45, 7) is 4.76. The molecule has 0 saturated heterocycles. The van der Waals surface area contributed by atoms with E-state index < -0.39 is 47.5 Å². The van der Waals surface area contributed by atoms with E-state index >= 15 is 0 Å². The Morgan fingerprint density at radius 1 is 0.500 bits per heavy atom. The number of carboxylic acid groups (broad SMARTS) is 2. The van der Waals surface area contributed by atoms with Crippen molar-refractivity contribution >= 4 is 23.9 Å². The Bertz CT molecular complexity index is 636. The summed E-state index contributed by atoms with van der Waals surface area (Å²) in [4.78, 5) is 49.4. The zero-order chi connectivity index (χ0) is 28.2. The van der Waals surface area contributed by atoms with E-state index in [1.807, 2.05) is 0 Å². The highest BCUT2D eigenvalue weighted by atomic mass is 16.5. The number of hydrogen-bond acceptors (Lipinski definition) is 6. The quantitative estimate of drug-likeness (QED) is 0.114. The van der Waals surface area contributed by atoms with Gasteiger partial charge >= 0.3 is 23.9 Å². The summed E-state index contributed by atoms with van der Waals surface area (Å²) in [6, 6.07) is 0. The maximum Gasteiger partial charge on any atom is 0.309 e. The second-order valence-electron chi connectivity index (χ2n) is 10.9. The number of carbonyl (C=O) groups excluding carboxylic acids is 2. The Hall–Kier alpha value is -2.12. The highest BCUT2D eigenvalue weighted by Crippen LogP contribution is 2.40. The topological polar surface area (TPSA) is 127 Å². The maximum absolute atomic E-state index is 12.8. The molecule has 1 aliphatic carbocycles. The molecular formula is C30H52O8. The van der Waals surface area contributed by atoms with Crippen molar-refractivity contribution in [2.75, 3.05) is 13.2 Å². The van der Waals surface area contributed by atoms with E-state index in [9.17, 15) is 29.4 Å². The highest BCUT2D eigenvalue weighted by molar-refractivity contribution is 5.86. The molecule has 0 aromatic rings. The average Bonchev–Trinajstić information content (AvgIpc) is 2.90. The SMILES string of the molecule is CCCCCCCCCCOC(=O)C1CC(C(=O)OCCCCCCCCCC)C(C(=O)O)CC1C(=O)O. The van der Waals surface area contributed by atoms with Crippen LogP contribution in [0.3, 0.4) is 0 Å².